The standard InChI is InChI=1S/C8H10O.BH3O2/c1-7-3-5-8(9-2)6-4-7;2-1-3/h3-6H,1-2H3;1-3H. The Hall–Kier alpha value is -0.995. The molecule has 0 fully saturated rings. The normalized spacial score (nSPS) is 8.00. The second-order valence-electron chi connectivity index (χ2n) is 2.16. The molecule has 0 bridgehead atoms. The van der Waals surface area contributed by atoms with E-state index >= 15 is 0 Å². The molecule has 0 saturated carbocycles. The minimum absolute atomic E-state index is 0.750. The van der Waals surface area contributed by atoms with E-state index in [4.69, 9.17) is 14.8 Å². The van der Waals surface area contributed by atoms with E-state index in [1.807, 2.05) is 24.3 Å². The van der Waals surface area contributed by atoms with Crippen LogP contribution in [0, 0.1) is 6.92 Å². The second-order valence-corrected chi connectivity index (χ2v) is 2.16. The number of hydrogen-bond acceptors (Lipinski definition) is 3. The van der Waals surface area contributed by atoms with E-state index in [9.17, 15) is 0 Å². The fourth-order valence-electron chi connectivity index (χ4n) is 0.674. The number of rotatable bonds is 1. The van der Waals surface area contributed by atoms with Gasteiger partial charge < -0.3 is 14.8 Å². The summed E-state index contributed by atoms with van der Waals surface area (Å²) in [6.07, 6.45) is 0. The van der Waals surface area contributed by atoms with Crippen LogP contribution in [0.25, 0.3) is 0 Å². The topological polar surface area (TPSA) is 49.7 Å². The average molecular weight is 168 g/mol. The number of hydrogen-bond donors (Lipinski definition) is 2. The van der Waals surface area contributed by atoms with Gasteiger partial charge in [-0.25, -0.2) is 0 Å². The molecule has 0 atom stereocenters. The lowest BCUT2D eigenvalue weighted by atomic mass is 10.2. The summed E-state index contributed by atoms with van der Waals surface area (Å²) in [6, 6.07) is 7.96. The summed E-state index contributed by atoms with van der Waals surface area (Å²) in [6.45, 7) is 2.06. The number of methoxy groups -OCH3 is 1. The first-order valence-electron chi connectivity index (χ1n) is 3.57. The first-order chi connectivity index (χ1) is 5.74. The van der Waals surface area contributed by atoms with Crippen molar-refractivity contribution in [2.75, 3.05) is 7.11 Å². The average Bonchev–Trinajstić information content (AvgIpc) is 2.07. The maximum Gasteiger partial charge on any atom is 0.432 e. The molecular formula is C8H13BO3. The Morgan fingerprint density at radius 1 is 1.17 bits per heavy atom. The van der Waals surface area contributed by atoms with Crippen molar-refractivity contribution in [2.24, 2.45) is 0 Å². The molecule has 66 valence electrons. The SMILES string of the molecule is COc1ccc(C)cc1.OBO. The molecule has 0 radical (unpaired) electrons. The van der Waals surface area contributed by atoms with Crippen molar-refractivity contribution in [3.8, 4) is 5.75 Å². The summed E-state index contributed by atoms with van der Waals surface area (Å²) in [4.78, 5) is 0. The zero-order valence-electron chi connectivity index (χ0n) is 7.32. The quantitative estimate of drug-likeness (QED) is 0.590. The molecule has 0 amide bonds. The Bertz CT molecular complexity index is 198. The fraction of sp³-hybridized carbons (Fsp3) is 0.250. The van der Waals surface area contributed by atoms with Crippen molar-refractivity contribution < 1.29 is 14.8 Å². The molecule has 3 nitrogen and oxygen atoms in total. The molecule has 0 spiro atoms. The Morgan fingerprint density at radius 2 is 1.58 bits per heavy atom. The minimum atomic E-state index is -0.750. The van der Waals surface area contributed by atoms with E-state index in [-0.39, 0.29) is 0 Å². The first kappa shape index (κ1) is 11.0. The Kier molecular flexibility index (Phi) is 6.14. The molecule has 0 heterocycles. The monoisotopic (exact) mass is 168 g/mol. The predicted molar refractivity (Wildman–Crippen MR) is 49.3 cm³/mol. The van der Waals surface area contributed by atoms with E-state index in [1.165, 1.54) is 5.56 Å². The Morgan fingerprint density at radius 3 is 1.92 bits per heavy atom. The molecule has 0 aromatic heterocycles. The fourth-order valence-corrected chi connectivity index (χ4v) is 0.674. The third-order valence-electron chi connectivity index (χ3n) is 1.26. The molecule has 0 saturated heterocycles. The molecule has 0 aliphatic carbocycles. The molecule has 1 aromatic carbocycles. The van der Waals surface area contributed by atoms with Crippen LogP contribution in [0.4, 0.5) is 0 Å². The highest BCUT2D eigenvalue weighted by Gasteiger charge is 1.85. The summed E-state index contributed by atoms with van der Waals surface area (Å²) >= 11 is 0. The van der Waals surface area contributed by atoms with Crippen LogP contribution in [0.3, 0.4) is 0 Å². The van der Waals surface area contributed by atoms with Crippen molar-refractivity contribution in [1.82, 2.24) is 0 Å². The maximum atomic E-state index is 7.12. The summed E-state index contributed by atoms with van der Waals surface area (Å²) < 4.78 is 4.97. The van der Waals surface area contributed by atoms with Gasteiger partial charge in [0, 0.05) is 0 Å². The van der Waals surface area contributed by atoms with Crippen molar-refractivity contribution in [2.45, 2.75) is 6.92 Å². The summed E-state index contributed by atoms with van der Waals surface area (Å²) in [5.74, 6) is 0.917. The Balaban J connectivity index is 0.000000354. The molecule has 2 N–H and O–H groups in total. The molecule has 0 unspecified atom stereocenters. The number of benzene rings is 1. The van der Waals surface area contributed by atoms with E-state index in [0.717, 1.165) is 5.75 Å². The van der Waals surface area contributed by atoms with Gasteiger partial charge >= 0.3 is 7.69 Å². The molecule has 4 heteroatoms. The molecule has 0 aliphatic rings. The van der Waals surface area contributed by atoms with E-state index < -0.39 is 7.69 Å². The highest BCUT2D eigenvalue weighted by Crippen LogP contribution is 2.09. The van der Waals surface area contributed by atoms with Gasteiger partial charge in [-0.15, -0.1) is 0 Å². The molecule has 1 rings (SSSR count). The van der Waals surface area contributed by atoms with Crippen molar-refractivity contribution in [1.29, 1.82) is 0 Å². The minimum Gasteiger partial charge on any atom is -0.497 e. The van der Waals surface area contributed by atoms with Crippen LogP contribution in [0.5, 0.6) is 5.75 Å². The van der Waals surface area contributed by atoms with Gasteiger partial charge in [-0.2, -0.15) is 0 Å². The van der Waals surface area contributed by atoms with Gasteiger partial charge in [0.2, 0.25) is 0 Å². The van der Waals surface area contributed by atoms with Gasteiger partial charge in [-0.3, -0.25) is 0 Å². The zero-order valence-corrected chi connectivity index (χ0v) is 7.32. The lowest BCUT2D eigenvalue weighted by molar-refractivity contribution is 0.414. The van der Waals surface area contributed by atoms with Crippen LogP contribution >= 0.6 is 0 Å². The third-order valence-corrected chi connectivity index (χ3v) is 1.26. The van der Waals surface area contributed by atoms with Gasteiger partial charge in [0.15, 0.2) is 0 Å². The number of ether oxygens (including phenoxy) is 1. The number of aryl methyl sites for hydroxylation is 1. The van der Waals surface area contributed by atoms with E-state index in [1.54, 1.807) is 7.11 Å². The van der Waals surface area contributed by atoms with Gasteiger partial charge in [-0.05, 0) is 19.1 Å². The lowest BCUT2D eigenvalue weighted by Gasteiger charge is -1.97. The van der Waals surface area contributed by atoms with Crippen LogP contribution < -0.4 is 4.74 Å². The van der Waals surface area contributed by atoms with Crippen LogP contribution in [0.15, 0.2) is 24.3 Å². The molecular weight excluding hydrogens is 155 g/mol. The summed E-state index contributed by atoms with van der Waals surface area (Å²) in [5.41, 5.74) is 1.26. The van der Waals surface area contributed by atoms with Crippen LogP contribution in [0.2, 0.25) is 0 Å². The highest BCUT2D eigenvalue weighted by atomic mass is 16.5. The maximum absolute atomic E-state index is 7.12. The molecule has 1 aromatic rings. The predicted octanol–water partition coefficient (Wildman–Crippen LogP) is 0.241. The zero-order chi connectivity index (χ0) is 9.40. The molecule has 12 heavy (non-hydrogen) atoms. The summed E-state index contributed by atoms with van der Waals surface area (Å²) in [7, 11) is 0.921. The van der Waals surface area contributed by atoms with Gasteiger partial charge in [0.25, 0.3) is 0 Å². The van der Waals surface area contributed by atoms with Crippen LogP contribution in [-0.2, 0) is 0 Å². The molecule has 0 aliphatic heterocycles. The lowest BCUT2D eigenvalue weighted by Crippen LogP contribution is -1.80. The van der Waals surface area contributed by atoms with Crippen molar-refractivity contribution in [3.63, 3.8) is 0 Å². The van der Waals surface area contributed by atoms with Crippen molar-refractivity contribution in [3.05, 3.63) is 29.8 Å². The second kappa shape index (κ2) is 6.70. The Labute approximate surface area is 72.9 Å². The smallest absolute Gasteiger partial charge is 0.432 e. The summed E-state index contributed by atoms with van der Waals surface area (Å²) in [5, 5.41) is 14.2. The van der Waals surface area contributed by atoms with Gasteiger partial charge in [-0.1, -0.05) is 17.7 Å². The van der Waals surface area contributed by atoms with Gasteiger partial charge in [0.1, 0.15) is 5.75 Å². The first-order valence-corrected chi connectivity index (χ1v) is 3.57. The third kappa shape index (κ3) is 4.76. The van der Waals surface area contributed by atoms with Gasteiger partial charge in [0.05, 0.1) is 7.11 Å². The van der Waals surface area contributed by atoms with Crippen LogP contribution in [-0.4, -0.2) is 24.8 Å². The van der Waals surface area contributed by atoms with E-state index in [2.05, 4.69) is 6.92 Å². The highest BCUT2D eigenvalue weighted by molar-refractivity contribution is 6.13. The van der Waals surface area contributed by atoms with Crippen molar-refractivity contribution >= 4 is 7.69 Å². The van der Waals surface area contributed by atoms with Crippen LogP contribution in [0.1, 0.15) is 5.56 Å². The van der Waals surface area contributed by atoms with E-state index in [0.29, 0.717) is 0 Å². The largest absolute Gasteiger partial charge is 0.497 e.